The van der Waals surface area contributed by atoms with Crippen molar-refractivity contribution >= 4 is 11.6 Å². The summed E-state index contributed by atoms with van der Waals surface area (Å²) < 4.78 is 24.4. The first-order valence-electron chi connectivity index (χ1n) is 6.34. The maximum Gasteiger partial charge on any atom is 0.128 e. The second-order valence-electron chi connectivity index (χ2n) is 4.48. The first kappa shape index (κ1) is 14.2. The Labute approximate surface area is 117 Å². The second kappa shape index (κ2) is 7.37. The summed E-state index contributed by atoms with van der Waals surface area (Å²) in [4.78, 5) is 0. The first-order chi connectivity index (χ1) is 9.28. The van der Waals surface area contributed by atoms with Crippen LogP contribution in [0.4, 0.5) is 4.39 Å². The zero-order valence-corrected chi connectivity index (χ0v) is 11.4. The Morgan fingerprint density at radius 1 is 1.32 bits per heavy atom. The van der Waals surface area contributed by atoms with Crippen LogP contribution in [0, 0.1) is 23.6 Å². The van der Waals surface area contributed by atoms with Crippen molar-refractivity contribution < 1.29 is 13.9 Å². The minimum absolute atomic E-state index is 0.231. The fourth-order valence-corrected chi connectivity index (χ4v) is 2.05. The molecule has 4 heteroatoms. The van der Waals surface area contributed by atoms with E-state index in [0.717, 1.165) is 26.1 Å². The van der Waals surface area contributed by atoms with E-state index in [2.05, 4.69) is 11.8 Å². The summed E-state index contributed by atoms with van der Waals surface area (Å²) in [7, 11) is 0. The number of halogens is 2. The first-order valence-corrected chi connectivity index (χ1v) is 6.87. The molecule has 1 fully saturated rings. The molecule has 0 N–H and O–H groups in total. The summed E-state index contributed by atoms with van der Waals surface area (Å²) in [5.41, 5.74) is 0.586. The summed E-state index contributed by atoms with van der Waals surface area (Å²) >= 11 is 5.48. The van der Waals surface area contributed by atoms with Gasteiger partial charge in [-0.15, -0.1) is 11.6 Å². The van der Waals surface area contributed by atoms with E-state index >= 15 is 0 Å². The molecule has 19 heavy (non-hydrogen) atoms. The molecule has 0 saturated carbocycles. The van der Waals surface area contributed by atoms with Gasteiger partial charge in [-0.25, -0.2) is 4.39 Å². The van der Waals surface area contributed by atoms with Crippen molar-refractivity contribution in [2.75, 3.05) is 25.7 Å². The number of benzene rings is 1. The van der Waals surface area contributed by atoms with Crippen molar-refractivity contribution in [3.8, 4) is 17.6 Å². The third-order valence-electron chi connectivity index (χ3n) is 3.00. The van der Waals surface area contributed by atoms with Gasteiger partial charge in [0.25, 0.3) is 0 Å². The van der Waals surface area contributed by atoms with Gasteiger partial charge in [0.15, 0.2) is 0 Å². The third kappa shape index (κ3) is 4.74. The van der Waals surface area contributed by atoms with E-state index in [-0.39, 0.29) is 11.7 Å². The highest BCUT2D eigenvalue weighted by molar-refractivity contribution is 6.19. The van der Waals surface area contributed by atoms with Crippen molar-refractivity contribution in [2.45, 2.75) is 12.8 Å². The van der Waals surface area contributed by atoms with Gasteiger partial charge in [-0.2, -0.15) is 0 Å². The van der Waals surface area contributed by atoms with E-state index in [1.807, 2.05) is 0 Å². The number of ether oxygens (including phenoxy) is 2. The van der Waals surface area contributed by atoms with Crippen LogP contribution in [-0.2, 0) is 4.74 Å². The fraction of sp³-hybridized carbons (Fsp3) is 0.467. The van der Waals surface area contributed by atoms with Gasteiger partial charge < -0.3 is 9.47 Å². The molecule has 0 unspecified atom stereocenters. The number of hydrogen-bond donors (Lipinski definition) is 0. The molecule has 1 heterocycles. The van der Waals surface area contributed by atoms with E-state index in [0.29, 0.717) is 23.8 Å². The van der Waals surface area contributed by atoms with Gasteiger partial charge >= 0.3 is 0 Å². The number of hydrogen-bond acceptors (Lipinski definition) is 2. The SMILES string of the molecule is Fc1cc(C#CCCl)cc(OCC2CCOCC2)c1. The molecular formula is C15H16ClFO2. The standard InChI is InChI=1S/C15H16ClFO2/c16-5-1-2-13-8-14(17)10-15(9-13)19-11-12-3-6-18-7-4-12/h8-10,12H,3-7,11H2. The van der Waals surface area contributed by atoms with Crippen molar-refractivity contribution in [1.29, 1.82) is 0 Å². The Bertz CT molecular complexity index is 473. The van der Waals surface area contributed by atoms with Gasteiger partial charge in [0.2, 0.25) is 0 Å². The van der Waals surface area contributed by atoms with Crippen molar-refractivity contribution in [3.05, 3.63) is 29.6 Å². The highest BCUT2D eigenvalue weighted by Gasteiger charge is 2.14. The molecule has 1 aliphatic rings. The topological polar surface area (TPSA) is 18.5 Å². The van der Waals surface area contributed by atoms with Crippen LogP contribution in [0.5, 0.6) is 5.75 Å². The van der Waals surface area contributed by atoms with Gasteiger partial charge in [-0.1, -0.05) is 11.8 Å². The van der Waals surface area contributed by atoms with E-state index in [1.54, 1.807) is 6.07 Å². The summed E-state index contributed by atoms with van der Waals surface area (Å²) in [6.45, 7) is 2.16. The van der Waals surface area contributed by atoms with Gasteiger partial charge in [0, 0.05) is 24.8 Å². The normalized spacial score (nSPS) is 15.7. The molecule has 1 aromatic carbocycles. The lowest BCUT2D eigenvalue weighted by Gasteiger charge is -2.22. The van der Waals surface area contributed by atoms with Gasteiger partial charge in [-0.05, 0) is 30.9 Å². The predicted molar refractivity (Wildman–Crippen MR) is 73.0 cm³/mol. The number of alkyl halides is 1. The largest absolute Gasteiger partial charge is 0.493 e. The molecule has 0 aromatic heterocycles. The molecule has 1 aromatic rings. The van der Waals surface area contributed by atoms with Crippen LogP contribution in [0.2, 0.25) is 0 Å². The van der Waals surface area contributed by atoms with Crippen molar-refractivity contribution in [2.24, 2.45) is 5.92 Å². The Hall–Kier alpha value is -1.24. The monoisotopic (exact) mass is 282 g/mol. The summed E-state index contributed by atoms with van der Waals surface area (Å²) in [6, 6.07) is 4.49. The molecule has 0 radical (unpaired) electrons. The molecule has 2 rings (SSSR count). The van der Waals surface area contributed by atoms with E-state index < -0.39 is 0 Å². The average Bonchev–Trinajstić information content (AvgIpc) is 2.43. The Balaban J connectivity index is 1.97. The lowest BCUT2D eigenvalue weighted by molar-refractivity contribution is 0.0497. The van der Waals surface area contributed by atoms with Gasteiger partial charge in [0.1, 0.15) is 11.6 Å². The van der Waals surface area contributed by atoms with Gasteiger partial charge in [0.05, 0.1) is 12.5 Å². The van der Waals surface area contributed by atoms with E-state index in [9.17, 15) is 4.39 Å². The highest BCUT2D eigenvalue weighted by Crippen LogP contribution is 2.20. The zero-order valence-electron chi connectivity index (χ0n) is 10.6. The van der Waals surface area contributed by atoms with Crippen LogP contribution in [0.25, 0.3) is 0 Å². The smallest absolute Gasteiger partial charge is 0.128 e. The summed E-state index contributed by atoms with van der Waals surface area (Å²) in [5, 5.41) is 0. The molecule has 1 aliphatic heterocycles. The average molecular weight is 283 g/mol. The predicted octanol–water partition coefficient (Wildman–Crippen LogP) is 3.22. The van der Waals surface area contributed by atoms with Crippen LogP contribution in [-0.4, -0.2) is 25.7 Å². The van der Waals surface area contributed by atoms with Crippen LogP contribution < -0.4 is 4.74 Å². The molecular weight excluding hydrogens is 267 g/mol. The molecule has 0 aliphatic carbocycles. The third-order valence-corrected chi connectivity index (χ3v) is 3.13. The minimum atomic E-state index is -0.344. The molecule has 0 amide bonds. The maximum absolute atomic E-state index is 13.4. The van der Waals surface area contributed by atoms with Crippen LogP contribution >= 0.6 is 11.6 Å². The van der Waals surface area contributed by atoms with Crippen LogP contribution in [0.15, 0.2) is 18.2 Å². The second-order valence-corrected chi connectivity index (χ2v) is 4.75. The maximum atomic E-state index is 13.4. The Morgan fingerprint density at radius 2 is 2.11 bits per heavy atom. The van der Waals surface area contributed by atoms with E-state index in [1.165, 1.54) is 12.1 Å². The Kier molecular flexibility index (Phi) is 5.50. The number of rotatable bonds is 3. The quantitative estimate of drug-likeness (QED) is 0.626. The van der Waals surface area contributed by atoms with Crippen molar-refractivity contribution in [1.82, 2.24) is 0 Å². The lowest BCUT2D eigenvalue weighted by Crippen LogP contribution is -2.21. The highest BCUT2D eigenvalue weighted by atomic mass is 35.5. The van der Waals surface area contributed by atoms with Crippen LogP contribution in [0.3, 0.4) is 0 Å². The Morgan fingerprint density at radius 3 is 2.84 bits per heavy atom. The van der Waals surface area contributed by atoms with E-state index in [4.69, 9.17) is 21.1 Å². The van der Waals surface area contributed by atoms with Gasteiger partial charge in [-0.3, -0.25) is 0 Å². The minimum Gasteiger partial charge on any atom is -0.493 e. The molecule has 1 saturated heterocycles. The molecule has 0 spiro atoms. The van der Waals surface area contributed by atoms with Crippen molar-refractivity contribution in [3.63, 3.8) is 0 Å². The summed E-state index contributed by atoms with van der Waals surface area (Å²) in [6.07, 6.45) is 1.99. The fourth-order valence-electron chi connectivity index (χ4n) is 1.98. The molecule has 102 valence electrons. The zero-order chi connectivity index (χ0) is 13.5. The molecule has 2 nitrogen and oxygen atoms in total. The summed E-state index contributed by atoms with van der Waals surface area (Å²) in [5.74, 6) is 6.38. The molecule has 0 atom stereocenters. The molecule has 0 bridgehead atoms. The lowest BCUT2D eigenvalue weighted by atomic mass is 10.0. The van der Waals surface area contributed by atoms with Crippen LogP contribution in [0.1, 0.15) is 18.4 Å².